The Morgan fingerprint density at radius 1 is 1.35 bits per heavy atom. The Labute approximate surface area is 115 Å². The molecule has 5 nitrogen and oxygen atoms in total. The summed E-state index contributed by atoms with van der Waals surface area (Å²) in [6, 6.07) is 6.04. The number of rotatable bonds is 3. The number of nitrogens with zero attached hydrogens (tertiary/aromatic N) is 1. The standard InChI is InChI=1S/C14H14NO4P/c1-3-20(18,4-2)13-10-6-5-9(16)7-12(10)19-14(17)11(13)8-15/h5-7,16H,3-4H2,1-2H3. The van der Waals surface area contributed by atoms with E-state index < -0.39 is 12.8 Å². The summed E-state index contributed by atoms with van der Waals surface area (Å²) >= 11 is 0. The molecule has 6 heteroatoms. The monoisotopic (exact) mass is 291 g/mol. The molecule has 2 rings (SSSR count). The second-order valence-corrected chi connectivity index (χ2v) is 7.92. The van der Waals surface area contributed by atoms with E-state index in [4.69, 9.17) is 4.42 Å². The van der Waals surface area contributed by atoms with Crippen molar-refractivity contribution in [3.63, 3.8) is 0 Å². The van der Waals surface area contributed by atoms with Crippen LogP contribution in [0.5, 0.6) is 5.75 Å². The molecule has 0 saturated heterocycles. The normalized spacial score (nSPS) is 11.4. The summed E-state index contributed by atoms with van der Waals surface area (Å²) in [5, 5.41) is 19.4. The molecule has 0 atom stereocenters. The van der Waals surface area contributed by atoms with Gasteiger partial charge in [-0.1, -0.05) is 13.8 Å². The van der Waals surface area contributed by atoms with E-state index in [1.165, 1.54) is 18.2 Å². The van der Waals surface area contributed by atoms with E-state index in [1.807, 2.05) is 0 Å². The van der Waals surface area contributed by atoms with Crippen molar-refractivity contribution in [3.05, 3.63) is 34.2 Å². The number of aromatic hydroxyl groups is 1. The van der Waals surface area contributed by atoms with Gasteiger partial charge in [-0.05, 0) is 12.1 Å². The molecule has 0 amide bonds. The number of fused-ring (bicyclic) bond motifs is 1. The average Bonchev–Trinajstić information content (AvgIpc) is 2.44. The Morgan fingerprint density at radius 2 is 2.00 bits per heavy atom. The summed E-state index contributed by atoms with van der Waals surface area (Å²) in [4.78, 5) is 11.9. The minimum Gasteiger partial charge on any atom is -0.508 e. The third-order valence-corrected chi connectivity index (χ3v) is 6.73. The van der Waals surface area contributed by atoms with Gasteiger partial charge in [0, 0.05) is 29.1 Å². The topological polar surface area (TPSA) is 91.3 Å². The zero-order valence-corrected chi connectivity index (χ0v) is 12.1. The molecular weight excluding hydrogens is 277 g/mol. The van der Waals surface area contributed by atoms with Crippen LogP contribution >= 0.6 is 7.14 Å². The fourth-order valence-electron chi connectivity index (χ4n) is 2.24. The zero-order valence-electron chi connectivity index (χ0n) is 11.2. The highest BCUT2D eigenvalue weighted by atomic mass is 31.2. The van der Waals surface area contributed by atoms with Gasteiger partial charge in [0.2, 0.25) is 0 Å². The Kier molecular flexibility index (Phi) is 3.69. The lowest BCUT2D eigenvalue weighted by Crippen LogP contribution is -2.22. The van der Waals surface area contributed by atoms with E-state index in [2.05, 4.69) is 0 Å². The van der Waals surface area contributed by atoms with Crippen molar-refractivity contribution in [1.82, 2.24) is 0 Å². The van der Waals surface area contributed by atoms with E-state index in [1.54, 1.807) is 19.9 Å². The molecule has 104 valence electrons. The van der Waals surface area contributed by atoms with Gasteiger partial charge in [0.25, 0.3) is 0 Å². The van der Waals surface area contributed by atoms with Crippen LogP contribution < -0.4 is 10.9 Å². The Morgan fingerprint density at radius 3 is 2.55 bits per heavy atom. The van der Waals surface area contributed by atoms with Gasteiger partial charge in [-0.2, -0.15) is 5.26 Å². The summed E-state index contributed by atoms with van der Waals surface area (Å²) in [5.41, 5.74) is -0.871. The van der Waals surface area contributed by atoms with Gasteiger partial charge in [0.15, 0.2) is 0 Å². The van der Waals surface area contributed by atoms with Crippen molar-refractivity contribution in [2.75, 3.05) is 12.3 Å². The van der Waals surface area contributed by atoms with Crippen molar-refractivity contribution in [3.8, 4) is 11.8 Å². The van der Waals surface area contributed by atoms with Crippen LogP contribution in [0.25, 0.3) is 11.0 Å². The minimum absolute atomic E-state index is 0.0564. The van der Waals surface area contributed by atoms with Crippen LogP contribution in [-0.4, -0.2) is 17.4 Å². The molecule has 20 heavy (non-hydrogen) atoms. The molecule has 1 N–H and O–H groups in total. The van der Waals surface area contributed by atoms with Crippen LogP contribution in [0.3, 0.4) is 0 Å². The van der Waals surface area contributed by atoms with E-state index in [0.717, 1.165) is 0 Å². The maximum Gasteiger partial charge on any atom is 0.355 e. The van der Waals surface area contributed by atoms with Gasteiger partial charge < -0.3 is 14.1 Å². The van der Waals surface area contributed by atoms with Gasteiger partial charge in [-0.25, -0.2) is 4.79 Å². The Bertz CT molecular complexity index is 808. The second-order valence-electron chi connectivity index (χ2n) is 4.43. The van der Waals surface area contributed by atoms with Gasteiger partial charge in [-0.15, -0.1) is 0 Å². The molecule has 0 fully saturated rings. The fraction of sp³-hybridized carbons (Fsp3) is 0.286. The van der Waals surface area contributed by atoms with Crippen molar-refractivity contribution < 1.29 is 14.1 Å². The third kappa shape index (κ3) is 2.13. The molecule has 2 aromatic rings. The maximum atomic E-state index is 13.0. The fourth-order valence-corrected chi connectivity index (χ4v) is 4.49. The molecule has 1 aromatic heterocycles. The molecule has 0 saturated carbocycles. The quantitative estimate of drug-likeness (QED) is 0.692. The van der Waals surface area contributed by atoms with Crippen molar-refractivity contribution in [2.45, 2.75) is 13.8 Å². The summed E-state index contributed by atoms with van der Waals surface area (Å²) in [6.07, 6.45) is 0.717. The Hall–Kier alpha value is -2.05. The molecule has 0 aliphatic carbocycles. The van der Waals surface area contributed by atoms with Crippen LogP contribution in [0.15, 0.2) is 27.4 Å². The van der Waals surface area contributed by atoms with Gasteiger partial charge in [-0.3, -0.25) is 0 Å². The molecule has 0 radical (unpaired) electrons. The van der Waals surface area contributed by atoms with E-state index in [0.29, 0.717) is 17.7 Å². The summed E-state index contributed by atoms with van der Waals surface area (Å²) in [7, 11) is -2.84. The number of nitriles is 1. The van der Waals surface area contributed by atoms with Gasteiger partial charge >= 0.3 is 5.63 Å². The van der Waals surface area contributed by atoms with Crippen molar-refractivity contribution in [1.29, 1.82) is 5.26 Å². The molecular formula is C14H14NO4P. The number of benzene rings is 1. The van der Waals surface area contributed by atoms with Crippen molar-refractivity contribution >= 4 is 23.4 Å². The number of hydrogen-bond donors (Lipinski definition) is 1. The first-order valence-corrected chi connectivity index (χ1v) is 8.33. The minimum atomic E-state index is -2.84. The maximum absolute atomic E-state index is 13.0. The molecule has 0 aliphatic heterocycles. The SMILES string of the molecule is CCP(=O)(CC)c1c(C#N)c(=O)oc2cc(O)ccc12. The van der Waals surface area contributed by atoms with E-state index in [9.17, 15) is 19.7 Å². The van der Waals surface area contributed by atoms with Crippen LogP contribution in [-0.2, 0) is 4.57 Å². The molecule has 1 aromatic carbocycles. The summed E-state index contributed by atoms with van der Waals surface area (Å²) < 4.78 is 18.0. The second kappa shape index (κ2) is 5.15. The Balaban J connectivity index is 3.04. The first-order chi connectivity index (χ1) is 9.46. The highest BCUT2D eigenvalue weighted by Crippen LogP contribution is 2.46. The predicted molar refractivity (Wildman–Crippen MR) is 77.2 cm³/mol. The first-order valence-electron chi connectivity index (χ1n) is 6.25. The zero-order chi connectivity index (χ0) is 14.9. The highest BCUT2D eigenvalue weighted by molar-refractivity contribution is 7.72. The lowest BCUT2D eigenvalue weighted by molar-refractivity contribution is 0.473. The number of hydrogen-bond acceptors (Lipinski definition) is 5. The lowest BCUT2D eigenvalue weighted by Gasteiger charge is -2.17. The molecule has 0 spiro atoms. The number of phenolic OH excluding ortho intramolecular Hbond substituents is 1. The smallest absolute Gasteiger partial charge is 0.355 e. The van der Waals surface area contributed by atoms with Crippen LogP contribution in [0.1, 0.15) is 19.4 Å². The summed E-state index contributed by atoms with van der Waals surface area (Å²) in [5.74, 6) is -0.0564. The van der Waals surface area contributed by atoms with Crippen LogP contribution in [0, 0.1) is 11.3 Å². The average molecular weight is 291 g/mol. The van der Waals surface area contributed by atoms with Gasteiger partial charge in [0.05, 0.1) is 0 Å². The molecule has 0 bridgehead atoms. The van der Waals surface area contributed by atoms with Crippen LogP contribution in [0.4, 0.5) is 0 Å². The number of phenols is 1. The van der Waals surface area contributed by atoms with Crippen LogP contribution in [0.2, 0.25) is 0 Å². The first kappa shape index (κ1) is 14.4. The van der Waals surface area contributed by atoms with Crippen molar-refractivity contribution in [2.24, 2.45) is 0 Å². The van der Waals surface area contributed by atoms with E-state index in [-0.39, 0.29) is 22.2 Å². The largest absolute Gasteiger partial charge is 0.508 e. The van der Waals surface area contributed by atoms with Gasteiger partial charge in [0.1, 0.15) is 30.1 Å². The molecule has 1 heterocycles. The highest BCUT2D eigenvalue weighted by Gasteiger charge is 2.29. The third-order valence-electron chi connectivity index (χ3n) is 3.40. The molecule has 0 aliphatic rings. The molecule has 0 unspecified atom stereocenters. The summed E-state index contributed by atoms with van der Waals surface area (Å²) in [6.45, 7) is 3.54. The lowest BCUT2D eigenvalue weighted by atomic mass is 10.2. The van der Waals surface area contributed by atoms with E-state index >= 15 is 0 Å². The predicted octanol–water partition coefficient (Wildman–Crippen LogP) is 2.40.